The first-order valence-corrected chi connectivity index (χ1v) is 9.87. The number of aliphatic carboxylic acids is 2. The lowest BCUT2D eigenvalue weighted by molar-refractivity contribution is -0.134. The highest BCUT2D eigenvalue weighted by Crippen LogP contribution is 2.20. The Morgan fingerprint density at radius 3 is 2.13 bits per heavy atom. The summed E-state index contributed by atoms with van der Waals surface area (Å²) in [5, 5.41) is 15.6. The van der Waals surface area contributed by atoms with Crippen molar-refractivity contribution < 1.29 is 24.5 Å². The maximum Gasteiger partial charge on any atom is 0.328 e. The molecule has 1 saturated heterocycles. The molecule has 9 nitrogen and oxygen atoms in total. The number of methoxy groups -OCH3 is 1. The fourth-order valence-corrected chi connectivity index (χ4v) is 3.21. The molecule has 1 aliphatic heterocycles. The van der Waals surface area contributed by atoms with Gasteiger partial charge in [0.1, 0.15) is 6.10 Å². The Labute approximate surface area is 181 Å². The number of ether oxygens (including phenoxy) is 1. The van der Waals surface area contributed by atoms with Crippen LogP contribution in [0.25, 0.3) is 0 Å². The van der Waals surface area contributed by atoms with Gasteiger partial charge in [-0.15, -0.1) is 0 Å². The van der Waals surface area contributed by atoms with Gasteiger partial charge in [0.25, 0.3) is 0 Å². The molecule has 2 N–H and O–H groups in total. The number of benzene rings is 1. The van der Waals surface area contributed by atoms with Gasteiger partial charge in [0.2, 0.25) is 0 Å². The number of anilines is 1. The predicted octanol–water partition coefficient (Wildman–Crippen LogP) is 2.01. The summed E-state index contributed by atoms with van der Waals surface area (Å²) in [5.41, 5.74) is 3.20. The van der Waals surface area contributed by atoms with Crippen molar-refractivity contribution in [2.24, 2.45) is 0 Å². The number of carbonyl (C=O) groups is 2. The summed E-state index contributed by atoms with van der Waals surface area (Å²) >= 11 is 0. The van der Waals surface area contributed by atoms with E-state index in [1.165, 1.54) is 5.69 Å². The van der Waals surface area contributed by atoms with Crippen LogP contribution in [-0.4, -0.2) is 76.9 Å². The molecule has 1 aliphatic rings. The van der Waals surface area contributed by atoms with E-state index >= 15 is 0 Å². The summed E-state index contributed by atoms with van der Waals surface area (Å²) in [6.07, 6.45) is 4.56. The van der Waals surface area contributed by atoms with Crippen LogP contribution in [0.4, 0.5) is 5.69 Å². The molecule has 1 unspecified atom stereocenters. The van der Waals surface area contributed by atoms with E-state index in [0.29, 0.717) is 12.2 Å². The summed E-state index contributed by atoms with van der Waals surface area (Å²) in [6, 6.07) is 10.6. The Kier molecular flexibility index (Phi) is 9.60. The SMILES string of the molecule is COC(CN1CCN(c2ccccc2)CC1)c1nccnc1C.O=C(O)C=CC(=O)O. The molecular formula is C22H28N4O5. The minimum absolute atomic E-state index is 0.0213. The van der Waals surface area contributed by atoms with Gasteiger partial charge in [-0.2, -0.15) is 0 Å². The highest BCUT2D eigenvalue weighted by Gasteiger charge is 2.23. The first kappa shape index (κ1) is 24.0. The van der Waals surface area contributed by atoms with Gasteiger partial charge in [-0.25, -0.2) is 9.59 Å². The van der Waals surface area contributed by atoms with Gasteiger partial charge in [0, 0.05) is 70.1 Å². The van der Waals surface area contributed by atoms with Gasteiger partial charge in [0.15, 0.2) is 0 Å². The lowest BCUT2D eigenvalue weighted by Crippen LogP contribution is -2.47. The second-order valence-corrected chi connectivity index (χ2v) is 6.88. The standard InChI is InChI=1S/C18H24N4O.C4H4O4/c1-15-18(20-9-8-19-15)17(23-2)14-21-10-12-22(13-11-21)16-6-4-3-5-7-16;5-3(6)1-2-4(7)8/h3-9,17H,10-14H2,1-2H3;1-2H,(H,5,6)(H,7,8). The average molecular weight is 428 g/mol. The Balaban J connectivity index is 0.000000366. The third kappa shape index (κ3) is 8.15. The van der Waals surface area contributed by atoms with Crippen molar-refractivity contribution in [1.82, 2.24) is 14.9 Å². The molecule has 2 aromatic rings. The zero-order valence-corrected chi connectivity index (χ0v) is 17.7. The lowest BCUT2D eigenvalue weighted by Gasteiger charge is -2.37. The number of aryl methyl sites for hydroxylation is 1. The number of piperazine rings is 1. The van der Waals surface area contributed by atoms with E-state index in [-0.39, 0.29) is 6.10 Å². The summed E-state index contributed by atoms with van der Waals surface area (Å²) in [5.74, 6) is -2.51. The van der Waals surface area contributed by atoms with E-state index in [2.05, 4.69) is 50.1 Å². The highest BCUT2D eigenvalue weighted by molar-refractivity contribution is 5.89. The van der Waals surface area contributed by atoms with Crippen LogP contribution in [0.15, 0.2) is 54.9 Å². The van der Waals surface area contributed by atoms with Gasteiger partial charge >= 0.3 is 11.9 Å². The molecule has 0 aliphatic carbocycles. The van der Waals surface area contributed by atoms with Gasteiger partial charge in [-0.3, -0.25) is 14.9 Å². The third-order valence-corrected chi connectivity index (χ3v) is 4.79. The number of hydrogen-bond acceptors (Lipinski definition) is 7. The first-order valence-electron chi connectivity index (χ1n) is 9.87. The Morgan fingerprint density at radius 1 is 1.03 bits per heavy atom. The predicted molar refractivity (Wildman–Crippen MR) is 116 cm³/mol. The molecule has 0 amide bonds. The van der Waals surface area contributed by atoms with Gasteiger partial charge in [-0.1, -0.05) is 18.2 Å². The topological polar surface area (TPSA) is 116 Å². The minimum Gasteiger partial charge on any atom is -0.478 e. The van der Waals surface area contributed by atoms with Crippen LogP contribution >= 0.6 is 0 Å². The molecule has 0 spiro atoms. The van der Waals surface area contributed by atoms with Crippen molar-refractivity contribution in [3.63, 3.8) is 0 Å². The van der Waals surface area contributed by atoms with Crippen LogP contribution in [0, 0.1) is 6.92 Å². The molecule has 0 radical (unpaired) electrons. The molecule has 9 heteroatoms. The molecule has 2 heterocycles. The number of aromatic nitrogens is 2. The van der Waals surface area contributed by atoms with Crippen molar-refractivity contribution in [2.45, 2.75) is 13.0 Å². The second-order valence-electron chi connectivity index (χ2n) is 6.88. The molecule has 1 atom stereocenters. The summed E-state index contributed by atoms with van der Waals surface area (Å²) in [7, 11) is 1.75. The summed E-state index contributed by atoms with van der Waals surface area (Å²) < 4.78 is 5.67. The minimum atomic E-state index is -1.26. The quantitative estimate of drug-likeness (QED) is 0.639. The molecule has 1 aromatic heterocycles. The fraction of sp³-hybridized carbons (Fsp3) is 0.364. The van der Waals surface area contributed by atoms with E-state index in [1.807, 2.05) is 6.92 Å². The van der Waals surface area contributed by atoms with Gasteiger partial charge in [-0.05, 0) is 19.1 Å². The van der Waals surface area contributed by atoms with Crippen molar-refractivity contribution in [3.8, 4) is 0 Å². The zero-order valence-electron chi connectivity index (χ0n) is 17.7. The van der Waals surface area contributed by atoms with Crippen molar-refractivity contribution in [1.29, 1.82) is 0 Å². The Hall–Kier alpha value is -3.30. The van der Waals surface area contributed by atoms with Gasteiger partial charge in [0.05, 0.1) is 11.4 Å². The molecule has 1 aromatic carbocycles. The number of para-hydroxylation sites is 1. The largest absolute Gasteiger partial charge is 0.478 e. The number of carboxylic acids is 2. The molecule has 0 bridgehead atoms. The molecule has 166 valence electrons. The van der Waals surface area contributed by atoms with Crippen LogP contribution in [0.2, 0.25) is 0 Å². The number of rotatable bonds is 7. The van der Waals surface area contributed by atoms with Crippen LogP contribution < -0.4 is 4.90 Å². The maximum atomic E-state index is 9.55. The van der Waals surface area contributed by atoms with Crippen molar-refractivity contribution >= 4 is 17.6 Å². The van der Waals surface area contributed by atoms with Crippen LogP contribution in [0.1, 0.15) is 17.5 Å². The molecule has 0 saturated carbocycles. The van der Waals surface area contributed by atoms with E-state index < -0.39 is 11.9 Å². The average Bonchev–Trinajstić information content (AvgIpc) is 2.78. The molecule has 3 rings (SSSR count). The molecular weight excluding hydrogens is 400 g/mol. The monoisotopic (exact) mass is 428 g/mol. The number of hydrogen-bond donors (Lipinski definition) is 2. The third-order valence-electron chi connectivity index (χ3n) is 4.79. The lowest BCUT2D eigenvalue weighted by atomic mass is 10.1. The van der Waals surface area contributed by atoms with Gasteiger partial charge < -0.3 is 19.8 Å². The van der Waals surface area contributed by atoms with Crippen molar-refractivity contribution in [3.05, 3.63) is 66.3 Å². The van der Waals surface area contributed by atoms with Crippen LogP contribution in [0.3, 0.4) is 0 Å². The van der Waals surface area contributed by atoms with E-state index in [0.717, 1.165) is 44.1 Å². The summed E-state index contributed by atoms with van der Waals surface area (Å²) in [4.78, 5) is 32.8. The smallest absolute Gasteiger partial charge is 0.328 e. The van der Waals surface area contributed by atoms with E-state index in [4.69, 9.17) is 14.9 Å². The summed E-state index contributed by atoms with van der Waals surface area (Å²) in [6.45, 7) is 7.00. The molecule has 1 fully saturated rings. The van der Waals surface area contributed by atoms with Crippen LogP contribution in [0.5, 0.6) is 0 Å². The zero-order chi connectivity index (χ0) is 22.6. The molecule has 31 heavy (non-hydrogen) atoms. The fourth-order valence-electron chi connectivity index (χ4n) is 3.21. The second kappa shape index (κ2) is 12.4. The van der Waals surface area contributed by atoms with E-state index in [1.54, 1.807) is 19.5 Å². The normalized spacial score (nSPS) is 15.2. The maximum absolute atomic E-state index is 9.55. The van der Waals surface area contributed by atoms with Crippen LogP contribution in [-0.2, 0) is 14.3 Å². The van der Waals surface area contributed by atoms with E-state index in [9.17, 15) is 9.59 Å². The van der Waals surface area contributed by atoms with Crippen molar-refractivity contribution in [2.75, 3.05) is 44.7 Å². The number of carboxylic acid groups (broad SMARTS) is 2. The first-order chi connectivity index (χ1) is 14.9. The Morgan fingerprint density at radius 2 is 1.61 bits per heavy atom. The Bertz CT molecular complexity index is 851. The number of nitrogens with zero attached hydrogens (tertiary/aromatic N) is 4. The highest BCUT2D eigenvalue weighted by atomic mass is 16.5.